The lowest BCUT2D eigenvalue weighted by atomic mass is 9.98. The maximum atomic E-state index is 5.72. The molecule has 0 aromatic carbocycles. The van der Waals surface area contributed by atoms with Crippen molar-refractivity contribution in [1.29, 1.82) is 0 Å². The van der Waals surface area contributed by atoms with Gasteiger partial charge in [0.1, 0.15) is 0 Å². The molecule has 0 aliphatic heterocycles. The van der Waals surface area contributed by atoms with Gasteiger partial charge >= 0.3 is 0 Å². The number of ether oxygens (including phenoxy) is 1. The Morgan fingerprint density at radius 3 is 2.55 bits per heavy atom. The van der Waals surface area contributed by atoms with Crippen LogP contribution in [0.5, 0.6) is 0 Å². The van der Waals surface area contributed by atoms with E-state index in [4.69, 9.17) is 4.74 Å². The molecule has 65 valence electrons. The van der Waals surface area contributed by atoms with Gasteiger partial charge in [-0.3, -0.25) is 0 Å². The molecule has 1 fully saturated rings. The molecule has 0 N–H and O–H groups in total. The minimum absolute atomic E-state index is 0.558. The molecule has 1 aliphatic rings. The summed E-state index contributed by atoms with van der Waals surface area (Å²) in [6.45, 7) is 5.34. The zero-order valence-corrected chi connectivity index (χ0v) is 7.68. The number of hydrogen-bond acceptors (Lipinski definition) is 1. The molecule has 0 aromatic rings. The first kappa shape index (κ1) is 9.05. The summed E-state index contributed by atoms with van der Waals surface area (Å²) in [5, 5.41) is 0. The molecule has 1 nitrogen and oxygen atoms in total. The fraction of sp³-hybridized carbons (Fsp3) is 0.900. The normalized spacial score (nSPS) is 21.0. The Kier molecular flexibility index (Phi) is 3.92. The maximum Gasteiger partial charge on any atom is 0.0575 e. The van der Waals surface area contributed by atoms with E-state index in [1.807, 2.05) is 0 Å². The van der Waals surface area contributed by atoms with E-state index in [9.17, 15) is 0 Å². The zero-order valence-electron chi connectivity index (χ0n) is 7.68. The first-order valence-corrected chi connectivity index (χ1v) is 4.72. The van der Waals surface area contributed by atoms with Crippen molar-refractivity contribution in [2.75, 3.05) is 6.61 Å². The topological polar surface area (TPSA) is 9.23 Å². The van der Waals surface area contributed by atoms with Gasteiger partial charge in [0.15, 0.2) is 0 Å². The average molecular weight is 155 g/mol. The highest BCUT2D eigenvalue weighted by atomic mass is 16.5. The molecule has 0 bridgehead atoms. The van der Waals surface area contributed by atoms with Crippen molar-refractivity contribution in [3.8, 4) is 0 Å². The van der Waals surface area contributed by atoms with Crippen LogP contribution in [-0.4, -0.2) is 12.7 Å². The van der Waals surface area contributed by atoms with E-state index in [1.165, 1.54) is 25.7 Å². The summed E-state index contributed by atoms with van der Waals surface area (Å²) in [6, 6.07) is 0. The van der Waals surface area contributed by atoms with E-state index in [-0.39, 0.29) is 0 Å². The Labute approximate surface area is 70.1 Å². The molecular formula is C10H19O. The van der Waals surface area contributed by atoms with Crippen LogP contribution in [0.2, 0.25) is 0 Å². The lowest BCUT2D eigenvalue weighted by Crippen LogP contribution is -2.19. The van der Waals surface area contributed by atoms with E-state index in [0.29, 0.717) is 12.0 Å². The highest BCUT2D eigenvalue weighted by Gasteiger charge is 2.13. The van der Waals surface area contributed by atoms with Crippen LogP contribution in [0, 0.1) is 12.3 Å². The lowest BCUT2D eigenvalue weighted by molar-refractivity contribution is 0.0195. The summed E-state index contributed by atoms with van der Waals surface area (Å²) in [5.74, 6) is 0.681. The van der Waals surface area contributed by atoms with Crippen LogP contribution in [0.1, 0.15) is 39.5 Å². The van der Waals surface area contributed by atoms with Gasteiger partial charge in [-0.25, -0.2) is 0 Å². The van der Waals surface area contributed by atoms with Crippen LogP contribution in [0.3, 0.4) is 0 Å². The van der Waals surface area contributed by atoms with E-state index in [1.54, 1.807) is 0 Å². The first-order valence-electron chi connectivity index (χ1n) is 4.72. The summed E-state index contributed by atoms with van der Waals surface area (Å²) >= 11 is 0. The number of rotatable bonds is 3. The SMILES string of the molecule is CC(C)COC1CC[CH]CC1. The molecule has 0 heterocycles. The van der Waals surface area contributed by atoms with Gasteiger partial charge in [0.25, 0.3) is 0 Å². The largest absolute Gasteiger partial charge is 0.378 e. The monoisotopic (exact) mass is 155 g/mol. The maximum absolute atomic E-state index is 5.72. The standard InChI is InChI=1S/C10H19O/c1-9(2)8-11-10-6-4-3-5-7-10/h3,9-10H,4-8H2,1-2H3. The molecule has 0 amide bonds. The van der Waals surface area contributed by atoms with Gasteiger partial charge < -0.3 is 4.74 Å². The van der Waals surface area contributed by atoms with Crippen LogP contribution in [-0.2, 0) is 4.74 Å². The predicted octanol–water partition coefficient (Wildman–Crippen LogP) is 2.81. The predicted molar refractivity (Wildman–Crippen MR) is 47.3 cm³/mol. The molecule has 0 spiro atoms. The van der Waals surface area contributed by atoms with Crippen molar-refractivity contribution in [1.82, 2.24) is 0 Å². The first-order chi connectivity index (χ1) is 5.29. The molecule has 1 rings (SSSR count). The van der Waals surface area contributed by atoms with Crippen molar-refractivity contribution >= 4 is 0 Å². The molecule has 0 unspecified atom stereocenters. The Bertz CT molecular complexity index is 93.0. The fourth-order valence-corrected chi connectivity index (χ4v) is 1.39. The minimum Gasteiger partial charge on any atom is -0.378 e. The van der Waals surface area contributed by atoms with Crippen LogP contribution in [0.25, 0.3) is 0 Å². The Hall–Kier alpha value is -0.0400. The highest BCUT2D eigenvalue weighted by Crippen LogP contribution is 2.19. The van der Waals surface area contributed by atoms with Crippen LogP contribution >= 0.6 is 0 Å². The van der Waals surface area contributed by atoms with Crippen molar-refractivity contribution in [3.63, 3.8) is 0 Å². The Morgan fingerprint density at radius 2 is 2.00 bits per heavy atom. The molecule has 1 aliphatic carbocycles. The summed E-state index contributed by atoms with van der Waals surface area (Å²) in [4.78, 5) is 0. The fourth-order valence-electron chi connectivity index (χ4n) is 1.39. The summed E-state index contributed by atoms with van der Waals surface area (Å²) in [5.41, 5.74) is 0. The van der Waals surface area contributed by atoms with Crippen molar-refractivity contribution < 1.29 is 4.74 Å². The quantitative estimate of drug-likeness (QED) is 0.609. The molecule has 0 atom stereocenters. The zero-order chi connectivity index (χ0) is 8.10. The van der Waals surface area contributed by atoms with E-state index < -0.39 is 0 Å². The molecule has 11 heavy (non-hydrogen) atoms. The Balaban J connectivity index is 2.05. The van der Waals surface area contributed by atoms with E-state index >= 15 is 0 Å². The van der Waals surface area contributed by atoms with Crippen molar-refractivity contribution in [3.05, 3.63) is 6.42 Å². The van der Waals surface area contributed by atoms with E-state index in [2.05, 4.69) is 20.3 Å². The molecule has 1 heteroatoms. The molecule has 0 saturated heterocycles. The molecule has 1 saturated carbocycles. The third kappa shape index (κ3) is 3.76. The second-order valence-electron chi connectivity index (χ2n) is 3.79. The van der Waals surface area contributed by atoms with Crippen molar-refractivity contribution in [2.45, 2.75) is 45.6 Å². The third-order valence-electron chi connectivity index (χ3n) is 2.05. The second kappa shape index (κ2) is 4.76. The highest BCUT2D eigenvalue weighted by molar-refractivity contribution is 4.76. The molecule has 0 aromatic heterocycles. The third-order valence-corrected chi connectivity index (χ3v) is 2.05. The van der Waals surface area contributed by atoms with Crippen LogP contribution in [0.4, 0.5) is 0 Å². The van der Waals surface area contributed by atoms with Gasteiger partial charge in [0.2, 0.25) is 0 Å². The summed E-state index contributed by atoms with van der Waals surface area (Å²) in [6.07, 6.45) is 7.92. The average Bonchev–Trinajstić information content (AvgIpc) is 2.03. The molecule has 1 radical (unpaired) electrons. The van der Waals surface area contributed by atoms with Gasteiger partial charge in [0, 0.05) is 6.61 Å². The van der Waals surface area contributed by atoms with Crippen molar-refractivity contribution in [2.24, 2.45) is 5.92 Å². The summed E-state index contributed by atoms with van der Waals surface area (Å²) in [7, 11) is 0. The van der Waals surface area contributed by atoms with Gasteiger partial charge in [-0.2, -0.15) is 0 Å². The lowest BCUT2D eigenvalue weighted by Gasteiger charge is -2.22. The van der Waals surface area contributed by atoms with Gasteiger partial charge in [-0.1, -0.05) is 13.8 Å². The molecular weight excluding hydrogens is 136 g/mol. The van der Waals surface area contributed by atoms with Crippen LogP contribution < -0.4 is 0 Å². The Morgan fingerprint density at radius 1 is 1.36 bits per heavy atom. The summed E-state index contributed by atoms with van der Waals surface area (Å²) < 4.78 is 5.72. The minimum atomic E-state index is 0.558. The van der Waals surface area contributed by atoms with Crippen LogP contribution in [0.15, 0.2) is 0 Å². The smallest absolute Gasteiger partial charge is 0.0575 e. The van der Waals surface area contributed by atoms with E-state index in [0.717, 1.165) is 6.61 Å². The van der Waals surface area contributed by atoms with Gasteiger partial charge in [-0.05, 0) is 38.0 Å². The number of hydrogen-bond donors (Lipinski definition) is 0. The van der Waals surface area contributed by atoms with Gasteiger partial charge in [0.05, 0.1) is 6.10 Å². The second-order valence-corrected chi connectivity index (χ2v) is 3.79. The van der Waals surface area contributed by atoms with Gasteiger partial charge in [-0.15, -0.1) is 0 Å².